The molecule has 116 valence electrons. The number of aliphatic hydroxyl groups is 1. The number of anilines is 1. The van der Waals surface area contributed by atoms with E-state index in [1.54, 1.807) is 36.3 Å². The minimum absolute atomic E-state index is 0.396. The molecule has 0 aliphatic carbocycles. The smallest absolute Gasteiger partial charge is 0.266 e. The van der Waals surface area contributed by atoms with Crippen molar-refractivity contribution in [2.24, 2.45) is 0 Å². The monoisotopic (exact) mass is 307 g/mol. The van der Waals surface area contributed by atoms with Crippen molar-refractivity contribution >= 4 is 11.6 Å². The highest BCUT2D eigenvalue weighted by atomic mass is 16.5. The maximum absolute atomic E-state index is 12.6. The van der Waals surface area contributed by atoms with Crippen molar-refractivity contribution in [3.63, 3.8) is 0 Å². The van der Waals surface area contributed by atoms with Gasteiger partial charge in [0.05, 0.1) is 7.11 Å². The van der Waals surface area contributed by atoms with Gasteiger partial charge in [0.1, 0.15) is 11.8 Å². The highest BCUT2D eigenvalue weighted by Gasteiger charge is 2.59. The fourth-order valence-corrected chi connectivity index (χ4v) is 2.90. The van der Waals surface area contributed by atoms with E-state index in [9.17, 15) is 9.90 Å². The van der Waals surface area contributed by atoms with Crippen LogP contribution in [0, 0.1) is 0 Å². The van der Waals surface area contributed by atoms with E-state index < -0.39 is 17.6 Å². The fourth-order valence-electron chi connectivity index (χ4n) is 2.90. The molecule has 1 fully saturated rings. The summed E-state index contributed by atoms with van der Waals surface area (Å²) in [6.07, 6.45) is 1.33. The Balaban J connectivity index is 2.04. The maximum atomic E-state index is 12.6. The molecule has 1 saturated heterocycles. The molecular weight excluding hydrogens is 290 g/mol. The zero-order chi connectivity index (χ0) is 16.4. The van der Waals surface area contributed by atoms with E-state index in [0.29, 0.717) is 11.4 Å². The molecule has 0 spiro atoms. The van der Waals surface area contributed by atoms with Crippen LogP contribution < -0.4 is 9.64 Å². The van der Waals surface area contributed by atoms with Crippen LogP contribution in [0.2, 0.25) is 0 Å². The van der Waals surface area contributed by atoms with E-state index in [0.717, 1.165) is 5.56 Å². The Morgan fingerprint density at radius 1 is 1.22 bits per heavy atom. The summed E-state index contributed by atoms with van der Waals surface area (Å²) in [4.78, 5) is 14.1. The molecule has 0 unspecified atom stereocenters. The molecule has 1 aliphatic rings. The van der Waals surface area contributed by atoms with E-state index in [4.69, 9.17) is 4.74 Å². The first-order valence-corrected chi connectivity index (χ1v) is 7.24. The number of hydrogen-bond donors (Lipinski definition) is 1. The summed E-state index contributed by atoms with van der Waals surface area (Å²) in [5.41, 5.74) is 2.46. The van der Waals surface area contributed by atoms with Crippen molar-refractivity contribution in [3.05, 3.63) is 78.5 Å². The standard InChI is InChI=1S/C19H17NO3/c1-3-13-19(22)17(14-7-5-4-6-8-14)20(18(19)21)15-9-11-16(23-2)12-10-15/h4-13,17,22H,1H2,2H3/t17-,19+/m0/s1. The zero-order valence-corrected chi connectivity index (χ0v) is 12.8. The largest absolute Gasteiger partial charge is 0.497 e. The van der Waals surface area contributed by atoms with Gasteiger partial charge >= 0.3 is 0 Å². The number of hydrogen-bond acceptors (Lipinski definition) is 3. The van der Waals surface area contributed by atoms with Gasteiger partial charge in [0.2, 0.25) is 0 Å². The lowest BCUT2D eigenvalue weighted by Crippen LogP contribution is -2.67. The van der Waals surface area contributed by atoms with Crippen molar-refractivity contribution in [1.82, 2.24) is 0 Å². The van der Waals surface area contributed by atoms with Crippen LogP contribution in [0.1, 0.15) is 11.6 Å². The van der Waals surface area contributed by atoms with Gasteiger partial charge in [-0.05, 0) is 29.8 Å². The quantitative estimate of drug-likeness (QED) is 0.698. The van der Waals surface area contributed by atoms with Crippen molar-refractivity contribution in [2.45, 2.75) is 11.6 Å². The topological polar surface area (TPSA) is 49.8 Å². The lowest BCUT2D eigenvalue weighted by Gasteiger charge is -2.51. The van der Waals surface area contributed by atoms with Gasteiger partial charge in [0.15, 0.2) is 5.60 Å². The molecule has 4 nitrogen and oxygen atoms in total. The lowest BCUT2D eigenvalue weighted by atomic mass is 9.77. The first-order valence-electron chi connectivity index (χ1n) is 7.24. The first kappa shape index (κ1) is 15.1. The minimum Gasteiger partial charge on any atom is -0.497 e. The average molecular weight is 307 g/mol. The van der Waals surface area contributed by atoms with Gasteiger partial charge in [0.25, 0.3) is 5.91 Å². The molecule has 2 aromatic rings. The Morgan fingerprint density at radius 3 is 2.43 bits per heavy atom. The van der Waals surface area contributed by atoms with Gasteiger partial charge in [-0.1, -0.05) is 36.9 Å². The molecule has 1 amide bonds. The number of carbonyl (C=O) groups excluding carboxylic acids is 1. The van der Waals surface area contributed by atoms with E-state index >= 15 is 0 Å². The third-order valence-corrected chi connectivity index (χ3v) is 4.02. The van der Waals surface area contributed by atoms with Gasteiger partial charge in [-0.3, -0.25) is 9.69 Å². The molecule has 1 aliphatic heterocycles. The van der Waals surface area contributed by atoms with Crippen LogP contribution in [-0.4, -0.2) is 23.7 Å². The summed E-state index contributed by atoms with van der Waals surface area (Å²) in [7, 11) is 1.59. The highest BCUT2D eigenvalue weighted by molar-refractivity contribution is 6.09. The van der Waals surface area contributed by atoms with Crippen LogP contribution in [0.5, 0.6) is 5.75 Å². The number of rotatable bonds is 4. The maximum Gasteiger partial charge on any atom is 0.266 e. The number of amides is 1. The Labute approximate surface area is 134 Å². The number of carbonyl (C=O) groups is 1. The summed E-state index contributed by atoms with van der Waals surface area (Å²) < 4.78 is 5.14. The molecule has 3 rings (SSSR count). The molecule has 0 saturated carbocycles. The Kier molecular flexibility index (Phi) is 3.78. The SMILES string of the molecule is C=C=C[C@]1(O)C(=O)N(c2ccc(OC)cc2)[C@H]1c1ccccc1. The molecule has 23 heavy (non-hydrogen) atoms. The van der Waals surface area contributed by atoms with Crippen LogP contribution in [0.25, 0.3) is 0 Å². The summed E-state index contributed by atoms with van der Waals surface area (Å²) in [5, 5.41) is 10.8. The predicted octanol–water partition coefficient (Wildman–Crippen LogP) is 2.86. The van der Waals surface area contributed by atoms with Gasteiger partial charge in [-0.25, -0.2) is 0 Å². The molecule has 2 atom stereocenters. The number of benzene rings is 2. The molecule has 1 heterocycles. The molecule has 0 radical (unpaired) electrons. The number of ether oxygens (including phenoxy) is 1. The van der Waals surface area contributed by atoms with E-state index in [1.807, 2.05) is 30.3 Å². The normalized spacial score (nSPS) is 23.0. The lowest BCUT2D eigenvalue weighted by molar-refractivity contribution is -0.146. The second-order valence-electron chi connectivity index (χ2n) is 5.36. The van der Waals surface area contributed by atoms with E-state index in [-0.39, 0.29) is 0 Å². The van der Waals surface area contributed by atoms with Crippen LogP contribution in [0.15, 0.2) is 73.0 Å². The van der Waals surface area contributed by atoms with Gasteiger partial charge < -0.3 is 9.84 Å². The molecule has 1 N–H and O–H groups in total. The van der Waals surface area contributed by atoms with Gasteiger partial charge in [-0.15, -0.1) is 5.73 Å². The minimum atomic E-state index is -1.62. The molecular formula is C19H17NO3. The van der Waals surface area contributed by atoms with Crippen molar-refractivity contribution < 1.29 is 14.6 Å². The second-order valence-corrected chi connectivity index (χ2v) is 5.36. The first-order chi connectivity index (χ1) is 11.1. The van der Waals surface area contributed by atoms with Crippen LogP contribution >= 0.6 is 0 Å². The van der Waals surface area contributed by atoms with Crippen LogP contribution in [0.3, 0.4) is 0 Å². The molecule has 0 aromatic heterocycles. The summed E-state index contributed by atoms with van der Waals surface area (Å²) in [6, 6.07) is 16.1. The average Bonchev–Trinajstić information content (AvgIpc) is 2.60. The van der Waals surface area contributed by atoms with E-state index in [1.165, 1.54) is 6.08 Å². The third kappa shape index (κ3) is 2.34. The molecule has 4 heteroatoms. The zero-order valence-electron chi connectivity index (χ0n) is 12.8. The number of nitrogens with zero attached hydrogens (tertiary/aromatic N) is 1. The van der Waals surface area contributed by atoms with E-state index in [2.05, 4.69) is 12.3 Å². The Hall–Kier alpha value is -2.81. The van der Waals surface area contributed by atoms with Crippen molar-refractivity contribution in [2.75, 3.05) is 12.0 Å². The summed E-state index contributed by atoms with van der Waals surface area (Å²) in [5.74, 6) is 0.312. The number of methoxy groups -OCH3 is 1. The van der Waals surface area contributed by atoms with Crippen molar-refractivity contribution in [3.8, 4) is 5.75 Å². The highest BCUT2D eigenvalue weighted by Crippen LogP contribution is 2.47. The number of β-lactam (4-membered cyclic amide) rings is 1. The molecule has 0 bridgehead atoms. The van der Waals surface area contributed by atoms with Gasteiger partial charge in [-0.2, -0.15) is 0 Å². The third-order valence-electron chi connectivity index (χ3n) is 4.02. The fraction of sp³-hybridized carbons (Fsp3) is 0.158. The van der Waals surface area contributed by atoms with Crippen molar-refractivity contribution in [1.29, 1.82) is 0 Å². The second kappa shape index (κ2) is 5.76. The summed E-state index contributed by atoms with van der Waals surface area (Å²) in [6.45, 7) is 3.48. The predicted molar refractivity (Wildman–Crippen MR) is 88.3 cm³/mol. The Morgan fingerprint density at radius 2 is 1.87 bits per heavy atom. The summed E-state index contributed by atoms with van der Waals surface area (Å²) >= 11 is 0. The molecule has 2 aromatic carbocycles. The van der Waals surface area contributed by atoms with Crippen LogP contribution in [-0.2, 0) is 4.79 Å². The van der Waals surface area contributed by atoms with Crippen LogP contribution in [0.4, 0.5) is 5.69 Å². The Bertz CT molecular complexity index is 763. The van der Waals surface area contributed by atoms with Gasteiger partial charge in [0, 0.05) is 11.8 Å².